The van der Waals surface area contributed by atoms with Crippen LogP contribution in [0.1, 0.15) is 18.4 Å². The molecule has 0 bridgehead atoms. The zero-order valence-corrected chi connectivity index (χ0v) is 16.2. The molecule has 28 heavy (non-hydrogen) atoms. The minimum atomic E-state index is -0.554. The van der Waals surface area contributed by atoms with E-state index in [1.54, 1.807) is 18.2 Å². The minimum Gasteiger partial charge on any atom is -0.493 e. The van der Waals surface area contributed by atoms with Crippen molar-refractivity contribution in [3.05, 3.63) is 58.9 Å². The molecular formula is C20H19ClN2O5. The van der Waals surface area contributed by atoms with Gasteiger partial charge in [0.1, 0.15) is 11.5 Å². The van der Waals surface area contributed by atoms with E-state index < -0.39 is 5.97 Å². The van der Waals surface area contributed by atoms with Crippen LogP contribution in [0.4, 0.5) is 0 Å². The van der Waals surface area contributed by atoms with Gasteiger partial charge in [0.25, 0.3) is 5.89 Å². The normalized spacial score (nSPS) is 10.5. The monoisotopic (exact) mass is 402 g/mol. The third kappa shape index (κ3) is 5.01. The maximum atomic E-state index is 11.9. The maximum Gasteiger partial charge on any atom is 0.344 e. The van der Waals surface area contributed by atoms with Gasteiger partial charge in [-0.2, -0.15) is 4.98 Å². The van der Waals surface area contributed by atoms with Gasteiger partial charge in [0.2, 0.25) is 5.82 Å². The van der Waals surface area contributed by atoms with Crippen molar-refractivity contribution in [3.63, 3.8) is 0 Å². The van der Waals surface area contributed by atoms with E-state index >= 15 is 0 Å². The second-order valence-electron chi connectivity index (χ2n) is 5.80. The molecule has 1 heterocycles. The quantitative estimate of drug-likeness (QED) is 0.521. The van der Waals surface area contributed by atoms with Crippen molar-refractivity contribution in [1.82, 2.24) is 10.1 Å². The van der Waals surface area contributed by atoms with E-state index in [0.717, 1.165) is 5.56 Å². The Balaban J connectivity index is 1.54. The van der Waals surface area contributed by atoms with Crippen molar-refractivity contribution < 1.29 is 23.5 Å². The molecule has 0 aliphatic carbocycles. The molecule has 8 heteroatoms. The summed E-state index contributed by atoms with van der Waals surface area (Å²) in [4.78, 5) is 16.1. The molecule has 0 fully saturated rings. The minimum absolute atomic E-state index is 0.147. The van der Waals surface area contributed by atoms with Crippen molar-refractivity contribution in [3.8, 4) is 22.9 Å². The molecule has 7 nitrogen and oxygen atoms in total. The molecule has 0 N–H and O–H groups in total. The largest absolute Gasteiger partial charge is 0.493 e. The second kappa shape index (κ2) is 9.23. The Morgan fingerprint density at radius 2 is 2.00 bits per heavy atom. The zero-order chi connectivity index (χ0) is 19.9. The van der Waals surface area contributed by atoms with Crippen molar-refractivity contribution in [2.45, 2.75) is 20.5 Å². The molecule has 0 aliphatic rings. The number of rotatable bonds is 8. The Labute approximate surface area is 167 Å². The van der Waals surface area contributed by atoms with Gasteiger partial charge in [-0.05, 0) is 49.7 Å². The maximum absolute atomic E-state index is 11.9. The molecular weight excluding hydrogens is 384 g/mol. The predicted octanol–water partition coefficient (Wildman–Crippen LogP) is 4.22. The third-order valence-electron chi connectivity index (χ3n) is 3.74. The van der Waals surface area contributed by atoms with Crippen LogP contribution in [-0.4, -0.2) is 29.3 Å². The van der Waals surface area contributed by atoms with E-state index in [1.807, 2.05) is 38.1 Å². The highest BCUT2D eigenvalue weighted by atomic mass is 35.5. The molecule has 0 aliphatic heterocycles. The number of aryl methyl sites for hydroxylation is 1. The first-order chi connectivity index (χ1) is 13.6. The number of benzene rings is 2. The Hall–Kier alpha value is -3.06. The summed E-state index contributed by atoms with van der Waals surface area (Å²) in [6.45, 7) is 3.88. The number of ether oxygens (including phenoxy) is 3. The van der Waals surface area contributed by atoms with Crippen molar-refractivity contribution in [2.75, 3.05) is 13.2 Å². The molecule has 0 amide bonds. The molecule has 146 valence electrons. The van der Waals surface area contributed by atoms with Gasteiger partial charge in [-0.1, -0.05) is 28.9 Å². The average Bonchev–Trinajstić information content (AvgIpc) is 3.17. The number of hydrogen-bond acceptors (Lipinski definition) is 7. The van der Waals surface area contributed by atoms with Gasteiger partial charge in [-0.15, -0.1) is 0 Å². The van der Waals surface area contributed by atoms with E-state index in [0.29, 0.717) is 34.5 Å². The summed E-state index contributed by atoms with van der Waals surface area (Å²) in [6, 6.07) is 12.5. The first kappa shape index (κ1) is 19.7. The molecule has 1 aromatic heterocycles. The van der Waals surface area contributed by atoms with Crippen LogP contribution in [0.2, 0.25) is 5.02 Å². The van der Waals surface area contributed by atoms with Gasteiger partial charge in [0, 0.05) is 5.02 Å². The summed E-state index contributed by atoms with van der Waals surface area (Å²) in [5, 5.41) is 4.55. The highest BCUT2D eigenvalue weighted by molar-refractivity contribution is 6.31. The van der Waals surface area contributed by atoms with Crippen LogP contribution in [0.5, 0.6) is 11.5 Å². The molecule has 0 saturated carbocycles. The Morgan fingerprint density at radius 3 is 2.79 bits per heavy atom. The van der Waals surface area contributed by atoms with Gasteiger partial charge in [0.15, 0.2) is 13.2 Å². The van der Waals surface area contributed by atoms with Crippen LogP contribution in [0.15, 0.2) is 47.0 Å². The fourth-order valence-electron chi connectivity index (χ4n) is 2.39. The van der Waals surface area contributed by atoms with Crippen LogP contribution in [-0.2, 0) is 16.1 Å². The number of aromatic nitrogens is 2. The van der Waals surface area contributed by atoms with Gasteiger partial charge < -0.3 is 18.7 Å². The van der Waals surface area contributed by atoms with E-state index in [-0.39, 0.29) is 19.1 Å². The topological polar surface area (TPSA) is 83.7 Å². The summed E-state index contributed by atoms with van der Waals surface area (Å²) in [5.74, 6) is 1.18. The third-order valence-corrected chi connectivity index (χ3v) is 4.16. The summed E-state index contributed by atoms with van der Waals surface area (Å²) in [6.07, 6.45) is 0. The SMILES string of the molecule is CCOc1ccccc1-c1noc(COC(=O)COc2ccc(Cl)c(C)c2)n1. The molecule has 0 saturated heterocycles. The lowest BCUT2D eigenvalue weighted by Crippen LogP contribution is -2.14. The lowest BCUT2D eigenvalue weighted by Gasteiger charge is -2.07. The predicted molar refractivity (Wildman–Crippen MR) is 102 cm³/mol. The zero-order valence-electron chi connectivity index (χ0n) is 15.5. The number of para-hydroxylation sites is 1. The smallest absolute Gasteiger partial charge is 0.344 e. The highest BCUT2D eigenvalue weighted by Crippen LogP contribution is 2.27. The average molecular weight is 403 g/mol. The number of nitrogens with zero attached hydrogens (tertiary/aromatic N) is 2. The Kier molecular flexibility index (Phi) is 6.49. The van der Waals surface area contributed by atoms with Crippen LogP contribution in [0.25, 0.3) is 11.4 Å². The van der Waals surface area contributed by atoms with Crippen molar-refractivity contribution in [2.24, 2.45) is 0 Å². The number of hydrogen-bond donors (Lipinski definition) is 0. The van der Waals surface area contributed by atoms with Gasteiger partial charge in [-0.3, -0.25) is 0 Å². The fraction of sp³-hybridized carbons (Fsp3) is 0.250. The summed E-state index contributed by atoms with van der Waals surface area (Å²) < 4.78 is 21.2. The van der Waals surface area contributed by atoms with Crippen molar-refractivity contribution >= 4 is 17.6 Å². The summed E-state index contributed by atoms with van der Waals surface area (Å²) in [7, 11) is 0. The van der Waals surface area contributed by atoms with Crippen LogP contribution >= 0.6 is 11.6 Å². The molecule has 0 radical (unpaired) electrons. The van der Waals surface area contributed by atoms with Crippen molar-refractivity contribution in [1.29, 1.82) is 0 Å². The number of halogens is 1. The Morgan fingerprint density at radius 1 is 1.18 bits per heavy atom. The molecule has 3 rings (SSSR count). The van der Waals surface area contributed by atoms with Crippen LogP contribution < -0.4 is 9.47 Å². The van der Waals surface area contributed by atoms with E-state index in [1.165, 1.54) is 0 Å². The standard InChI is InChI=1S/C20H19ClN2O5/c1-3-25-17-7-5-4-6-15(17)20-22-18(28-23-20)11-27-19(24)12-26-14-8-9-16(21)13(2)10-14/h4-10H,3,11-12H2,1-2H3. The fourth-order valence-corrected chi connectivity index (χ4v) is 2.51. The number of carbonyl (C=O) groups is 1. The Bertz CT molecular complexity index is 957. The second-order valence-corrected chi connectivity index (χ2v) is 6.21. The number of esters is 1. The van der Waals surface area contributed by atoms with Crippen LogP contribution in [0.3, 0.4) is 0 Å². The van der Waals surface area contributed by atoms with E-state index in [9.17, 15) is 4.79 Å². The molecule has 0 unspecified atom stereocenters. The lowest BCUT2D eigenvalue weighted by atomic mass is 10.2. The first-order valence-corrected chi connectivity index (χ1v) is 9.04. The summed E-state index contributed by atoms with van der Waals surface area (Å²) >= 11 is 5.96. The highest BCUT2D eigenvalue weighted by Gasteiger charge is 2.15. The molecule has 2 aromatic carbocycles. The van der Waals surface area contributed by atoms with E-state index in [4.69, 9.17) is 30.3 Å². The molecule has 3 aromatic rings. The number of carbonyl (C=O) groups excluding carboxylic acids is 1. The van der Waals surface area contributed by atoms with Gasteiger partial charge in [0.05, 0.1) is 12.2 Å². The molecule has 0 spiro atoms. The van der Waals surface area contributed by atoms with Gasteiger partial charge in [-0.25, -0.2) is 4.79 Å². The van der Waals surface area contributed by atoms with Crippen LogP contribution in [0, 0.1) is 6.92 Å². The summed E-state index contributed by atoms with van der Waals surface area (Å²) in [5.41, 5.74) is 1.56. The van der Waals surface area contributed by atoms with Gasteiger partial charge >= 0.3 is 5.97 Å². The van der Waals surface area contributed by atoms with E-state index in [2.05, 4.69) is 10.1 Å². The lowest BCUT2D eigenvalue weighted by molar-refractivity contribution is -0.148. The molecule has 0 atom stereocenters. The first-order valence-electron chi connectivity index (χ1n) is 8.66.